The van der Waals surface area contributed by atoms with Crippen LogP contribution in [-0.2, 0) is 6.42 Å². The van der Waals surface area contributed by atoms with Crippen molar-refractivity contribution in [2.24, 2.45) is 0 Å². The summed E-state index contributed by atoms with van der Waals surface area (Å²) in [5.74, 6) is -0.536. The lowest BCUT2D eigenvalue weighted by Crippen LogP contribution is -2.28. The number of amides is 1. The molecule has 0 aliphatic rings. The van der Waals surface area contributed by atoms with E-state index in [1.165, 1.54) is 18.2 Å². The monoisotopic (exact) mass is 365 g/mol. The third kappa shape index (κ3) is 3.72. The van der Waals surface area contributed by atoms with Crippen molar-refractivity contribution < 1.29 is 9.72 Å². The van der Waals surface area contributed by atoms with E-state index in [4.69, 9.17) is 0 Å². The van der Waals surface area contributed by atoms with Crippen LogP contribution in [0.1, 0.15) is 27.0 Å². The van der Waals surface area contributed by atoms with Gasteiger partial charge in [0.2, 0.25) is 0 Å². The minimum absolute atomic E-state index is 0.00129. The van der Waals surface area contributed by atoms with Crippen LogP contribution >= 0.6 is 0 Å². The van der Waals surface area contributed by atoms with E-state index < -0.39 is 10.8 Å². The number of nitro benzene ring substituents is 1. The number of rotatable bonds is 5. The summed E-state index contributed by atoms with van der Waals surface area (Å²) in [4.78, 5) is 37.9. The molecule has 0 spiro atoms. The molecule has 7 heteroatoms. The fourth-order valence-electron chi connectivity index (χ4n) is 3.03. The molecule has 0 aliphatic heterocycles. The number of nitro groups is 1. The van der Waals surface area contributed by atoms with Crippen molar-refractivity contribution >= 4 is 22.5 Å². The highest BCUT2D eigenvalue weighted by Gasteiger charge is 2.18. The number of H-pyrrole nitrogens is 1. The van der Waals surface area contributed by atoms with Gasteiger partial charge in [-0.1, -0.05) is 24.3 Å². The van der Waals surface area contributed by atoms with E-state index in [2.05, 4.69) is 10.3 Å². The molecule has 2 N–H and O–H groups in total. The number of nitrogens with zero attached hydrogens (tertiary/aromatic N) is 1. The normalized spacial score (nSPS) is 10.7. The molecule has 3 rings (SSSR count). The maximum absolute atomic E-state index is 12.3. The van der Waals surface area contributed by atoms with Gasteiger partial charge in [0.15, 0.2) is 0 Å². The van der Waals surface area contributed by atoms with Crippen LogP contribution in [0.2, 0.25) is 0 Å². The lowest BCUT2D eigenvalue weighted by Gasteiger charge is -2.09. The highest BCUT2D eigenvalue weighted by atomic mass is 16.6. The number of hydrogen-bond donors (Lipinski definition) is 2. The minimum atomic E-state index is -0.589. The summed E-state index contributed by atoms with van der Waals surface area (Å²) in [7, 11) is 0. The smallest absolute Gasteiger partial charge is 0.282 e. The highest BCUT2D eigenvalue weighted by Crippen LogP contribution is 2.20. The first-order chi connectivity index (χ1) is 12.9. The molecule has 0 atom stereocenters. The number of carbonyl (C=O) groups excluding carboxylic acids is 1. The predicted molar refractivity (Wildman–Crippen MR) is 103 cm³/mol. The summed E-state index contributed by atoms with van der Waals surface area (Å²) >= 11 is 0. The van der Waals surface area contributed by atoms with Crippen LogP contribution in [0.15, 0.2) is 47.3 Å². The van der Waals surface area contributed by atoms with Crippen molar-refractivity contribution in [3.05, 3.63) is 85.2 Å². The summed E-state index contributed by atoms with van der Waals surface area (Å²) < 4.78 is 0. The maximum atomic E-state index is 12.3. The molecular formula is C20H19N3O4. The van der Waals surface area contributed by atoms with Gasteiger partial charge in [-0.2, -0.15) is 0 Å². The largest absolute Gasteiger partial charge is 0.351 e. The third-order valence-electron chi connectivity index (χ3n) is 4.55. The first kappa shape index (κ1) is 18.3. The maximum Gasteiger partial charge on any atom is 0.282 e. The van der Waals surface area contributed by atoms with Crippen LogP contribution in [0.3, 0.4) is 0 Å². The molecule has 1 amide bonds. The zero-order valence-electron chi connectivity index (χ0n) is 15.0. The summed E-state index contributed by atoms with van der Waals surface area (Å²) in [6, 6.07) is 11.6. The van der Waals surface area contributed by atoms with E-state index in [-0.39, 0.29) is 23.4 Å². The Labute approximate surface area is 155 Å². The quantitative estimate of drug-likeness (QED) is 0.535. The molecule has 0 unspecified atom stereocenters. The van der Waals surface area contributed by atoms with E-state index in [1.807, 2.05) is 32.0 Å². The zero-order chi connectivity index (χ0) is 19.6. The number of para-hydroxylation sites is 1. The molecule has 27 heavy (non-hydrogen) atoms. The fourth-order valence-corrected chi connectivity index (χ4v) is 3.03. The molecule has 0 bridgehead atoms. The van der Waals surface area contributed by atoms with Gasteiger partial charge >= 0.3 is 0 Å². The number of benzene rings is 2. The molecule has 0 aliphatic carbocycles. The Morgan fingerprint density at radius 2 is 1.85 bits per heavy atom. The summed E-state index contributed by atoms with van der Waals surface area (Å²) in [5, 5.41) is 14.6. The molecule has 1 heterocycles. The van der Waals surface area contributed by atoms with Gasteiger partial charge in [0.1, 0.15) is 5.56 Å². The lowest BCUT2D eigenvalue weighted by atomic mass is 10.0. The topological polar surface area (TPSA) is 105 Å². The molecule has 0 saturated heterocycles. The second-order valence-electron chi connectivity index (χ2n) is 6.39. The summed E-state index contributed by atoms with van der Waals surface area (Å²) in [5.41, 5.74) is 2.97. The van der Waals surface area contributed by atoms with Crippen LogP contribution in [0.25, 0.3) is 10.9 Å². The second kappa shape index (κ2) is 7.41. The van der Waals surface area contributed by atoms with E-state index in [1.54, 1.807) is 6.07 Å². The van der Waals surface area contributed by atoms with E-state index in [0.717, 1.165) is 22.0 Å². The van der Waals surface area contributed by atoms with Gasteiger partial charge in [-0.25, -0.2) is 0 Å². The number of fused-ring (bicyclic) bond motifs is 1. The SMILES string of the molecule is Cc1ccc(C)c2[nH]c(=O)c(CCNC(=O)c3ccccc3[N+](=O)[O-])cc12. The van der Waals surface area contributed by atoms with Crippen molar-refractivity contribution in [3.8, 4) is 0 Å². The number of carbonyl (C=O) groups is 1. The van der Waals surface area contributed by atoms with Gasteiger partial charge < -0.3 is 10.3 Å². The van der Waals surface area contributed by atoms with Gasteiger partial charge in [0.25, 0.3) is 17.2 Å². The first-order valence-corrected chi connectivity index (χ1v) is 8.52. The highest BCUT2D eigenvalue weighted by molar-refractivity contribution is 5.98. The summed E-state index contributed by atoms with van der Waals surface area (Å²) in [6.45, 7) is 4.11. The molecule has 0 radical (unpaired) electrons. The number of aromatic nitrogens is 1. The molecule has 0 saturated carbocycles. The van der Waals surface area contributed by atoms with Crippen LogP contribution < -0.4 is 10.9 Å². The minimum Gasteiger partial charge on any atom is -0.351 e. The number of aromatic amines is 1. The van der Waals surface area contributed by atoms with Crippen molar-refractivity contribution in [2.75, 3.05) is 6.54 Å². The molecule has 2 aromatic carbocycles. The van der Waals surface area contributed by atoms with Crippen LogP contribution in [0, 0.1) is 24.0 Å². The van der Waals surface area contributed by atoms with Crippen molar-refractivity contribution in [1.29, 1.82) is 0 Å². The van der Waals surface area contributed by atoms with Gasteiger partial charge in [0, 0.05) is 23.6 Å². The lowest BCUT2D eigenvalue weighted by molar-refractivity contribution is -0.385. The third-order valence-corrected chi connectivity index (χ3v) is 4.55. The van der Waals surface area contributed by atoms with Crippen molar-refractivity contribution in [3.63, 3.8) is 0 Å². The summed E-state index contributed by atoms with van der Waals surface area (Å²) in [6.07, 6.45) is 0.324. The number of pyridine rings is 1. The Kier molecular flexibility index (Phi) is 5.03. The molecule has 7 nitrogen and oxygen atoms in total. The zero-order valence-corrected chi connectivity index (χ0v) is 15.0. The van der Waals surface area contributed by atoms with Crippen LogP contribution in [0.5, 0.6) is 0 Å². The van der Waals surface area contributed by atoms with Crippen molar-refractivity contribution in [2.45, 2.75) is 20.3 Å². The molecular weight excluding hydrogens is 346 g/mol. The van der Waals surface area contributed by atoms with Gasteiger partial charge in [-0.3, -0.25) is 19.7 Å². The Hall–Kier alpha value is -3.48. The Balaban J connectivity index is 1.77. The van der Waals surface area contributed by atoms with E-state index >= 15 is 0 Å². The molecule has 1 aromatic heterocycles. The van der Waals surface area contributed by atoms with Crippen molar-refractivity contribution in [1.82, 2.24) is 10.3 Å². The predicted octanol–water partition coefficient (Wildman–Crippen LogP) is 3.03. The van der Waals surface area contributed by atoms with Crippen LogP contribution in [0.4, 0.5) is 5.69 Å². The second-order valence-corrected chi connectivity index (χ2v) is 6.39. The van der Waals surface area contributed by atoms with Gasteiger partial charge in [0.05, 0.1) is 10.4 Å². The standard InChI is InChI=1S/C20H19N3O4/c1-12-7-8-13(2)18-16(12)11-14(19(24)22-18)9-10-21-20(25)15-5-3-4-6-17(15)23(26)27/h3-8,11H,9-10H2,1-2H3,(H,21,25)(H,22,24). The molecule has 3 aromatic rings. The number of hydrogen-bond acceptors (Lipinski definition) is 4. The number of nitrogens with one attached hydrogen (secondary N) is 2. The average molecular weight is 365 g/mol. The van der Waals surface area contributed by atoms with Crippen LogP contribution in [-0.4, -0.2) is 22.4 Å². The first-order valence-electron chi connectivity index (χ1n) is 8.52. The fraction of sp³-hybridized carbons (Fsp3) is 0.200. The van der Waals surface area contributed by atoms with E-state index in [9.17, 15) is 19.7 Å². The Bertz CT molecular complexity index is 1100. The van der Waals surface area contributed by atoms with Gasteiger partial charge in [-0.15, -0.1) is 0 Å². The molecule has 138 valence electrons. The number of aryl methyl sites for hydroxylation is 2. The molecule has 0 fully saturated rings. The van der Waals surface area contributed by atoms with E-state index in [0.29, 0.717) is 12.0 Å². The van der Waals surface area contributed by atoms with Gasteiger partial charge in [-0.05, 0) is 43.5 Å². The Morgan fingerprint density at radius 1 is 1.15 bits per heavy atom. The Morgan fingerprint density at radius 3 is 2.59 bits per heavy atom. The average Bonchev–Trinajstić information content (AvgIpc) is 2.65.